The van der Waals surface area contributed by atoms with Gasteiger partial charge in [-0.2, -0.15) is 0 Å². The molecule has 0 fully saturated rings. The van der Waals surface area contributed by atoms with Crippen molar-refractivity contribution in [3.8, 4) is 0 Å². The first kappa shape index (κ1) is 16.7. The first-order chi connectivity index (χ1) is 9.53. The SMILES string of the molecule is C[Si](C)(C=Cc1ccccc1)CCCCOC(=O)CO. The molecule has 1 rings (SSSR count). The number of unbranched alkanes of at least 4 members (excludes halogenated alkanes) is 1. The van der Waals surface area contributed by atoms with E-state index in [-0.39, 0.29) is 0 Å². The number of aliphatic hydroxyl groups is 1. The topological polar surface area (TPSA) is 46.5 Å². The number of benzene rings is 1. The Balaban J connectivity index is 2.27. The van der Waals surface area contributed by atoms with Gasteiger partial charge in [0, 0.05) is 0 Å². The van der Waals surface area contributed by atoms with E-state index in [1.807, 2.05) is 18.2 Å². The predicted octanol–water partition coefficient (Wildman–Crippen LogP) is 3.26. The van der Waals surface area contributed by atoms with Crippen molar-refractivity contribution in [1.29, 1.82) is 0 Å². The molecular formula is C16H24O3Si. The van der Waals surface area contributed by atoms with Crippen molar-refractivity contribution in [2.45, 2.75) is 32.0 Å². The average molecular weight is 292 g/mol. The first-order valence-electron chi connectivity index (χ1n) is 7.04. The van der Waals surface area contributed by atoms with E-state index < -0.39 is 20.7 Å². The van der Waals surface area contributed by atoms with Crippen LogP contribution < -0.4 is 0 Å². The molecule has 0 saturated heterocycles. The summed E-state index contributed by atoms with van der Waals surface area (Å²) in [5.41, 5.74) is 3.60. The summed E-state index contributed by atoms with van der Waals surface area (Å²) in [6.45, 7) is 4.56. The number of aliphatic hydroxyl groups excluding tert-OH is 1. The van der Waals surface area contributed by atoms with E-state index in [9.17, 15) is 4.79 Å². The van der Waals surface area contributed by atoms with Crippen LogP contribution in [0.5, 0.6) is 0 Å². The minimum absolute atomic E-state index is 0.409. The summed E-state index contributed by atoms with van der Waals surface area (Å²) in [5, 5.41) is 8.52. The number of hydrogen-bond donors (Lipinski definition) is 1. The van der Waals surface area contributed by atoms with Gasteiger partial charge in [0.25, 0.3) is 0 Å². The molecule has 20 heavy (non-hydrogen) atoms. The van der Waals surface area contributed by atoms with Gasteiger partial charge in [0.05, 0.1) is 14.7 Å². The Bertz CT molecular complexity index is 427. The number of ether oxygens (including phenoxy) is 1. The van der Waals surface area contributed by atoms with Crippen LogP contribution in [0.15, 0.2) is 36.0 Å². The zero-order chi connectivity index (χ0) is 14.8. The fourth-order valence-corrected chi connectivity index (χ4v) is 3.86. The van der Waals surface area contributed by atoms with Crippen molar-refractivity contribution < 1.29 is 14.6 Å². The summed E-state index contributed by atoms with van der Waals surface area (Å²) < 4.78 is 4.84. The van der Waals surface area contributed by atoms with E-state index in [0.29, 0.717) is 6.61 Å². The molecule has 3 nitrogen and oxygen atoms in total. The van der Waals surface area contributed by atoms with Gasteiger partial charge >= 0.3 is 5.97 Å². The van der Waals surface area contributed by atoms with E-state index >= 15 is 0 Å². The second-order valence-corrected chi connectivity index (χ2v) is 10.4. The average Bonchev–Trinajstić information content (AvgIpc) is 2.45. The van der Waals surface area contributed by atoms with Gasteiger partial charge in [-0.3, -0.25) is 0 Å². The third kappa shape index (κ3) is 7.26. The van der Waals surface area contributed by atoms with Crippen LogP contribution in [-0.4, -0.2) is 32.4 Å². The van der Waals surface area contributed by atoms with Crippen LogP contribution in [0.2, 0.25) is 19.1 Å². The van der Waals surface area contributed by atoms with Gasteiger partial charge in [0.2, 0.25) is 0 Å². The van der Waals surface area contributed by atoms with Gasteiger partial charge < -0.3 is 9.84 Å². The monoisotopic (exact) mass is 292 g/mol. The predicted molar refractivity (Wildman–Crippen MR) is 85.0 cm³/mol. The molecule has 0 aliphatic carbocycles. The second kappa shape index (κ2) is 8.71. The number of rotatable bonds is 8. The molecule has 0 heterocycles. The molecule has 110 valence electrons. The Morgan fingerprint density at radius 2 is 1.95 bits per heavy atom. The number of hydrogen-bond acceptors (Lipinski definition) is 3. The third-order valence-electron chi connectivity index (χ3n) is 3.13. The molecule has 0 spiro atoms. The second-order valence-electron chi connectivity index (χ2n) is 5.57. The maximum absolute atomic E-state index is 10.8. The van der Waals surface area contributed by atoms with Gasteiger partial charge in [-0.25, -0.2) is 4.79 Å². The van der Waals surface area contributed by atoms with Crippen molar-refractivity contribution >= 4 is 20.1 Å². The molecule has 0 unspecified atom stereocenters. The van der Waals surface area contributed by atoms with Gasteiger partial charge in [-0.05, 0) is 12.0 Å². The Morgan fingerprint density at radius 1 is 1.25 bits per heavy atom. The molecule has 0 amide bonds. The molecular weight excluding hydrogens is 268 g/mol. The lowest BCUT2D eigenvalue weighted by molar-refractivity contribution is -0.146. The smallest absolute Gasteiger partial charge is 0.331 e. The van der Waals surface area contributed by atoms with Crippen molar-refractivity contribution in [2.24, 2.45) is 0 Å². The van der Waals surface area contributed by atoms with E-state index in [1.54, 1.807) is 0 Å². The lowest BCUT2D eigenvalue weighted by Gasteiger charge is -2.17. The molecule has 1 aromatic rings. The Kier molecular flexibility index (Phi) is 7.26. The van der Waals surface area contributed by atoms with Crippen LogP contribution >= 0.6 is 0 Å². The summed E-state index contributed by atoms with van der Waals surface area (Å²) >= 11 is 0. The summed E-state index contributed by atoms with van der Waals surface area (Å²) in [5.74, 6) is -0.537. The highest BCUT2D eigenvalue weighted by Gasteiger charge is 2.15. The van der Waals surface area contributed by atoms with Crippen LogP contribution in [0.25, 0.3) is 6.08 Å². The van der Waals surface area contributed by atoms with Gasteiger partial charge in [-0.1, -0.05) is 67.7 Å². The Morgan fingerprint density at radius 3 is 2.60 bits per heavy atom. The summed E-state index contributed by atoms with van der Waals surface area (Å²) in [7, 11) is -1.34. The van der Waals surface area contributed by atoms with E-state index in [1.165, 1.54) is 11.6 Å². The highest BCUT2D eigenvalue weighted by molar-refractivity contribution is 6.82. The molecule has 0 radical (unpaired) electrons. The molecule has 1 aromatic carbocycles. The minimum atomic E-state index is -1.34. The first-order valence-corrected chi connectivity index (χ1v) is 10.3. The quantitative estimate of drug-likeness (QED) is 0.454. The van der Waals surface area contributed by atoms with Crippen LogP contribution in [0, 0.1) is 0 Å². The zero-order valence-electron chi connectivity index (χ0n) is 12.3. The summed E-state index contributed by atoms with van der Waals surface area (Å²) in [6.07, 6.45) is 4.12. The maximum Gasteiger partial charge on any atom is 0.331 e. The van der Waals surface area contributed by atoms with Crippen LogP contribution in [-0.2, 0) is 9.53 Å². The van der Waals surface area contributed by atoms with E-state index in [4.69, 9.17) is 9.84 Å². The van der Waals surface area contributed by atoms with E-state index in [0.717, 1.165) is 12.8 Å². The molecule has 0 aromatic heterocycles. The Labute approximate surface area is 122 Å². The third-order valence-corrected chi connectivity index (χ3v) is 5.85. The molecule has 4 heteroatoms. The summed E-state index contributed by atoms with van der Waals surface area (Å²) in [4.78, 5) is 10.8. The van der Waals surface area contributed by atoms with Gasteiger partial charge in [0.15, 0.2) is 0 Å². The molecule has 1 N–H and O–H groups in total. The van der Waals surface area contributed by atoms with E-state index in [2.05, 4.69) is 37.0 Å². The van der Waals surface area contributed by atoms with Gasteiger partial charge in [-0.15, -0.1) is 0 Å². The fourth-order valence-electron chi connectivity index (χ4n) is 1.88. The highest BCUT2D eigenvalue weighted by atomic mass is 28.3. The normalized spacial score (nSPS) is 11.8. The molecule has 0 atom stereocenters. The largest absolute Gasteiger partial charge is 0.464 e. The number of esters is 1. The number of carbonyl (C=O) groups is 1. The fraction of sp³-hybridized carbons (Fsp3) is 0.438. The van der Waals surface area contributed by atoms with Crippen LogP contribution in [0.1, 0.15) is 18.4 Å². The van der Waals surface area contributed by atoms with Crippen LogP contribution in [0.3, 0.4) is 0 Å². The Hall–Kier alpha value is -1.39. The van der Waals surface area contributed by atoms with Crippen molar-refractivity contribution in [3.63, 3.8) is 0 Å². The van der Waals surface area contributed by atoms with Crippen molar-refractivity contribution in [1.82, 2.24) is 0 Å². The lowest BCUT2D eigenvalue weighted by Crippen LogP contribution is -2.22. The maximum atomic E-state index is 10.8. The molecule has 0 bridgehead atoms. The molecule has 0 saturated carbocycles. The summed E-state index contributed by atoms with van der Waals surface area (Å²) in [6, 6.07) is 11.5. The standard InChI is InChI=1S/C16H24O3Si/c1-20(2,12-7-6-11-19-16(18)14-17)13-10-15-8-4-3-5-9-15/h3-5,8-10,13,17H,6-7,11-12,14H2,1-2H3. The van der Waals surface area contributed by atoms with Crippen molar-refractivity contribution in [2.75, 3.05) is 13.2 Å². The molecule has 0 aliphatic rings. The van der Waals surface area contributed by atoms with Crippen LogP contribution in [0.4, 0.5) is 0 Å². The highest BCUT2D eigenvalue weighted by Crippen LogP contribution is 2.17. The lowest BCUT2D eigenvalue weighted by atomic mass is 10.2. The minimum Gasteiger partial charge on any atom is -0.464 e. The molecule has 0 aliphatic heterocycles. The van der Waals surface area contributed by atoms with Gasteiger partial charge in [0.1, 0.15) is 6.61 Å². The van der Waals surface area contributed by atoms with Crippen molar-refractivity contribution in [3.05, 3.63) is 41.6 Å². The zero-order valence-corrected chi connectivity index (χ0v) is 13.3. The number of carbonyl (C=O) groups excluding carboxylic acids is 1.